The van der Waals surface area contributed by atoms with Crippen LogP contribution in [0.3, 0.4) is 0 Å². The van der Waals surface area contributed by atoms with E-state index in [1.165, 1.54) is 51.9 Å². The van der Waals surface area contributed by atoms with Crippen LogP contribution in [-0.2, 0) is 0 Å². The molecule has 0 aromatic rings. The van der Waals surface area contributed by atoms with Gasteiger partial charge < -0.3 is 15.1 Å². The first-order valence-corrected chi connectivity index (χ1v) is 8.54. The summed E-state index contributed by atoms with van der Waals surface area (Å²) in [7, 11) is 4.46. The van der Waals surface area contributed by atoms with Gasteiger partial charge in [0.05, 0.1) is 0 Å². The summed E-state index contributed by atoms with van der Waals surface area (Å²) in [5.41, 5.74) is 0.547. The van der Waals surface area contributed by atoms with Gasteiger partial charge in [-0.3, -0.25) is 0 Å². The van der Waals surface area contributed by atoms with Crippen LogP contribution < -0.4 is 5.32 Å². The van der Waals surface area contributed by atoms with E-state index < -0.39 is 0 Å². The number of likely N-dealkylation sites (N-methyl/N-ethyl adjacent to an activating group) is 1. The van der Waals surface area contributed by atoms with Crippen molar-refractivity contribution in [2.45, 2.75) is 58.5 Å². The summed E-state index contributed by atoms with van der Waals surface area (Å²) in [5.74, 6) is 0.807. The fourth-order valence-electron chi connectivity index (χ4n) is 4.26. The molecule has 1 saturated heterocycles. The van der Waals surface area contributed by atoms with Crippen molar-refractivity contribution >= 4 is 0 Å². The maximum absolute atomic E-state index is 3.71. The molecule has 1 heterocycles. The van der Waals surface area contributed by atoms with Crippen LogP contribution in [0.1, 0.15) is 46.5 Å². The number of likely N-dealkylation sites (tertiary alicyclic amines) is 1. The van der Waals surface area contributed by atoms with E-state index in [2.05, 4.69) is 50.0 Å². The van der Waals surface area contributed by atoms with Crippen LogP contribution in [0.15, 0.2) is 0 Å². The first-order valence-electron chi connectivity index (χ1n) is 8.54. The van der Waals surface area contributed by atoms with Crippen molar-refractivity contribution in [2.75, 3.05) is 40.3 Å². The molecule has 3 heteroatoms. The summed E-state index contributed by atoms with van der Waals surface area (Å²) in [6, 6.07) is 1.35. The van der Waals surface area contributed by atoms with Crippen molar-refractivity contribution in [3.63, 3.8) is 0 Å². The highest BCUT2D eigenvalue weighted by atomic mass is 15.2. The van der Waals surface area contributed by atoms with Gasteiger partial charge in [-0.05, 0) is 38.3 Å². The predicted octanol–water partition coefficient (Wildman–Crippen LogP) is 2.43. The molecular weight excluding hydrogens is 246 g/mol. The van der Waals surface area contributed by atoms with Gasteiger partial charge in [0.25, 0.3) is 0 Å². The third kappa shape index (κ3) is 3.96. The molecule has 0 aromatic carbocycles. The van der Waals surface area contributed by atoms with Crippen LogP contribution in [0, 0.1) is 11.3 Å². The van der Waals surface area contributed by atoms with E-state index in [0.29, 0.717) is 11.5 Å². The van der Waals surface area contributed by atoms with Crippen LogP contribution in [0.2, 0.25) is 0 Å². The van der Waals surface area contributed by atoms with Gasteiger partial charge in [-0.15, -0.1) is 0 Å². The smallest absolute Gasteiger partial charge is 0.0254 e. The Morgan fingerprint density at radius 3 is 2.35 bits per heavy atom. The largest absolute Gasteiger partial charge is 0.314 e. The predicted molar refractivity (Wildman–Crippen MR) is 87.1 cm³/mol. The minimum Gasteiger partial charge on any atom is -0.314 e. The average Bonchev–Trinajstić information content (AvgIpc) is 2.95. The van der Waals surface area contributed by atoms with Crippen molar-refractivity contribution in [1.82, 2.24) is 15.1 Å². The molecule has 2 aliphatic rings. The topological polar surface area (TPSA) is 18.5 Å². The second kappa shape index (κ2) is 6.76. The van der Waals surface area contributed by atoms with Crippen molar-refractivity contribution in [2.24, 2.45) is 11.3 Å². The first-order chi connectivity index (χ1) is 9.42. The van der Waals surface area contributed by atoms with Crippen LogP contribution in [0.5, 0.6) is 0 Å². The van der Waals surface area contributed by atoms with E-state index in [0.717, 1.165) is 12.0 Å². The molecule has 1 aliphatic carbocycles. The quantitative estimate of drug-likeness (QED) is 0.807. The Morgan fingerprint density at radius 2 is 1.85 bits per heavy atom. The van der Waals surface area contributed by atoms with E-state index in [1.54, 1.807) is 0 Å². The maximum atomic E-state index is 3.71. The molecule has 1 aliphatic heterocycles. The molecule has 0 radical (unpaired) electrons. The lowest BCUT2D eigenvalue weighted by molar-refractivity contribution is 0.160. The van der Waals surface area contributed by atoms with Gasteiger partial charge >= 0.3 is 0 Å². The van der Waals surface area contributed by atoms with Crippen molar-refractivity contribution in [1.29, 1.82) is 0 Å². The van der Waals surface area contributed by atoms with Gasteiger partial charge in [-0.1, -0.05) is 33.6 Å². The number of hydrogen-bond donors (Lipinski definition) is 1. The molecule has 2 atom stereocenters. The molecule has 0 spiro atoms. The lowest BCUT2D eigenvalue weighted by atomic mass is 9.85. The van der Waals surface area contributed by atoms with Crippen molar-refractivity contribution < 1.29 is 0 Å². The minimum absolute atomic E-state index is 0.547. The number of nitrogens with one attached hydrogen (secondary N) is 1. The van der Waals surface area contributed by atoms with E-state index in [9.17, 15) is 0 Å². The summed E-state index contributed by atoms with van der Waals surface area (Å²) in [6.07, 6.45) is 5.70. The van der Waals surface area contributed by atoms with Gasteiger partial charge in [0.1, 0.15) is 0 Å². The molecule has 1 saturated carbocycles. The molecule has 2 unspecified atom stereocenters. The number of hydrogen-bond acceptors (Lipinski definition) is 3. The Morgan fingerprint density at radius 1 is 1.20 bits per heavy atom. The third-order valence-corrected chi connectivity index (χ3v) is 5.42. The zero-order valence-corrected chi connectivity index (χ0v) is 14.3. The Kier molecular flexibility index (Phi) is 5.49. The molecule has 0 amide bonds. The van der Waals surface area contributed by atoms with Crippen LogP contribution in [-0.4, -0.2) is 62.2 Å². The summed E-state index contributed by atoms with van der Waals surface area (Å²) >= 11 is 0. The standard InChI is InChI=1S/C17H35N3/c1-14(2)18-12-17(8-6-7-9-17)13-20-10-15(3)16(11-20)19(4)5/h14-16,18H,6-13H2,1-5H3. The monoisotopic (exact) mass is 281 g/mol. The average molecular weight is 281 g/mol. The Bertz CT molecular complexity index is 295. The summed E-state index contributed by atoms with van der Waals surface area (Å²) < 4.78 is 0. The molecule has 118 valence electrons. The second-order valence-electron chi connectivity index (χ2n) is 7.95. The SMILES string of the molecule is CC(C)NCC1(CN2CC(C)C(N(C)C)C2)CCCC1. The fraction of sp³-hybridized carbons (Fsp3) is 1.00. The second-order valence-corrected chi connectivity index (χ2v) is 7.95. The lowest BCUT2D eigenvalue weighted by Gasteiger charge is -2.35. The van der Waals surface area contributed by atoms with Gasteiger partial charge in [0.2, 0.25) is 0 Å². The highest BCUT2D eigenvalue weighted by Gasteiger charge is 2.39. The third-order valence-electron chi connectivity index (χ3n) is 5.42. The van der Waals surface area contributed by atoms with Crippen LogP contribution in [0.25, 0.3) is 0 Å². The Labute approximate surface area is 126 Å². The first kappa shape index (κ1) is 16.3. The molecule has 20 heavy (non-hydrogen) atoms. The van der Waals surface area contributed by atoms with E-state index in [1.807, 2.05) is 0 Å². The number of rotatable bonds is 6. The van der Waals surface area contributed by atoms with E-state index in [-0.39, 0.29) is 0 Å². The van der Waals surface area contributed by atoms with Gasteiger partial charge in [0, 0.05) is 38.3 Å². The zero-order chi connectivity index (χ0) is 14.8. The van der Waals surface area contributed by atoms with Gasteiger partial charge in [0.15, 0.2) is 0 Å². The molecular formula is C17H35N3. The molecule has 2 rings (SSSR count). The van der Waals surface area contributed by atoms with Crippen molar-refractivity contribution in [3.05, 3.63) is 0 Å². The molecule has 3 nitrogen and oxygen atoms in total. The van der Waals surface area contributed by atoms with Gasteiger partial charge in [-0.25, -0.2) is 0 Å². The lowest BCUT2D eigenvalue weighted by Crippen LogP contribution is -2.44. The van der Waals surface area contributed by atoms with Gasteiger partial charge in [-0.2, -0.15) is 0 Å². The fourth-order valence-corrected chi connectivity index (χ4v) is 4.26. The summed E-state index contributed by atoms with van der Waals surface area (Å²) in [6.45, 7) is 12.0. The maximum Gasteiger partial charge on any atom is 0.0254 e. The summed E-state index contributed by atoms with van der Waals surface area (Å²) in [4.78, 5) is 5.15. The molecule has 1 N–H and O–H groups in total. The molecule has 2 fully saturated rings. The van der Waals surface area contributed by atoms with Crippen LogP contribution >= 0.6 is 0 Å². The molecule has 0 bridgehead atoms. The summed E-state index contributed by atoms with van der Waals surface area (Å²) in [5, 5.41) is 3.71. The number of nitrogens with zero attached hydrogens (tertiary/aromatic N) is 2. The highest BCUT2D eigenvalue weighted by molar-refractivity contribution is 4.94. The molecule has 0 aromatic heterocycles. The Balaban J connectivity index is 1.92. The van der Waals surface area contributed by atoms with Crippen molar-refractivity contribution in [3.8, 4) is 0 Å². The normalized spacial score (nSPS) is 30.8. The van der Waals surface area contributed by atoms with E-state index in [4.69, 9.17) is 0 Å². The zero-order valence-electron chi connectivity index (χ0n) is 14.3. The van der Waals surface area contributed by atoms with Crippen LogP contribution in [0.4, 0.5) is 0 Å². The minimum atomic E-state index is 0.547. The Hall–Kier alpha value is -0.120. The highest BCUT2D eigenvalue weighted by Crippen LogP contribution is 2.39. The van der Waals surface area contributed by atoms with E-state index >= 15 is 0 Å².